The third-order valence-corrected chi connectivity index (χ3v) is 3.90. The number of rotatable bonds is 8. The highest BCUT2D eigenvalue weighted by Gasteiger charge is 2.08. The number of nitrogens with zero attached hydrogens (tertiary/aromatic N) is 2. The lowest BCUT2D eigenvalue weighted by Gasteiger charge is -2.26. The second kappa shape index (κ2) is 8.39. The summed E-state index contributed by atoms with van der Waals surface area (Å²) >= 11 is 0. The zero-order valence-electron chi connectivity index (χ0n) is 12.4. The van der Waals surface area contributed by atoms with Crippen molar-refractivity contribution in [2.45, 2.75) is 52.1 Å². The van der Waals surface area contributed by atoms with Gasteiger partial charge in [-0.2, -0.15) is 0 Å². The van der Waals surface area contributed by atoms with Crippen molar-refractivity contribution >= 4 is 0 Å². The molecule has 0 unspecified atom stereocenters. The van der Waals surface area contributed by atoms with Crippen LogP contribution >= 0.6 is 0 Å². The van der Waals surface area contributed by atoms with Gasteiger partial charge in [0.2, 0.25) is 0 Å². The molecule has 1 aromatic rings. The van der Waals surface area contributed by atoms with E-state index in [1.165, 1.54) is 57.3 Å². The summed E-state index contributed by atoms with van der Waals surface area (Å²) in [5.41, 5.74) is 1.41. The van der Waals surface area contributed by atoms with Gasteiger partial charge in [-0.3, -0.25) is 0 Å². The average Bonchev–Trinajstić information content (AvgIpc) is 2.88. The molecule has 0 aliphatic carbocycles. The minimum absolute atomic E-state index is 1.01. The highest BCUT2D eigenvalue weighted by molar-refractivity contribution is 5.09. The Morgan fingerprint density at radius 2 is 2.00 bits per heavy atom. The molecule has 0 spiro atoms. The minimum Gasteiger partial charge on any atom is -0.354 e. The van der Waals surface area contributed by atoms with Gasteiger partial charge < -0.3 is 14.8 Å². The number of hydrogen-bond acceptors (Lipinski definition) is 2. The van der Waals surface area contributed by atoms with Gasteiger partial charge in [0, 0.05) is 25.5 Å². The number of aromatic nitrogens is 1. The van der Waals surface area contributed by atoms with E-state index >= 15 is 0 Å². The lowest BCUT2D eigenvalue weighted by molar-refractivity contribution is 0.225. The summed E-state index contributed by atoms with van der Waals surface area (Å²) in [4.78, 5) is 2.61. The van der Waals surface area contributed by atoms with Crippen molar-refractivity contribution in [1.29, 1.82) is 0 Å². The van der Waals surface area contributed by atoms with Crippen LogP contribution in [-0.2, 0) is 13.1 Å². The van der Waals surface area contributed by atoms with E-state index in [2.05, 4.69) is 40.2 Å². The molecule has 1 saturated heterocycles. The summed E-state index contributed by atoms with van der Waals surface area (Å²) < 4.78 is 2.28. The number of aryl methyl sites for hydroxylation is 1. The first-order valence-corrected chi connectivity index (χ1v) is 7.96. The Bertz CT molecular complexity index is 340. The van der Waals surface area contributed by atoms with Gasteiger partial charge in [-0.25, -0.2) is 0 Å². The molecule has 1 aromatic heterocycles. The lowest BCUT2D eigenvalue weighted by atomic mass is 10.1. The molecule has 1 aliphatic heterocycles. The first kappa shape index (κ1) is 14.6. The molecule has 0 radical (unpaired) electrons. The van der Waals surface area contributed by atoms with Crippen molar-refractivity contribution in [2.75, 3.05) is 26.2 Å². The molecule has 1 fully saturated rings. The van der Waals surface area contributed by atoms with Gasteiger partial charge in [-0.05, 0) is 63.5 Å². The first-order valence-electron chi connectivity index (χ1n) is 7.96. The maximum atomic E-state index is 3.56. The van der Waals surface area contributed by atoms with Gasteiger partial charge in [0.15, 0.2) is 0 Å². The fraction of sp³-hybridized carbons (Fsp3) is 0.750. The molecule has 2 heterocycles. The predicted octanol–water partition coefficient (Wildman–Crippen LogP) is 2.86. The second-order valence-electron chi connectivity index (χ2n) is 5.69. The zero-order valence-corrected chi connectivity index (χ0v) is 12.4. The Balaban J connectivity index is 1.53. The summed E-state index contributed by atoms with van der Waals surface area (Å²) in [5.74, 6) is 0. The Kier molecular flexibility index (Phi) is 6.45. The van der Waals surface area contributed by atoms with Crippen molar-refractivity contribution in [3.8, 4) is 0 Å². The molecular formula is C16H29N3. The minimum atomic E-state index is 1.01. The molecule has 19 heavy (non-hydrogen) atoms. The van der Waals surface area contributed by atoms with Gasteiger partial charge in [-0.1, -0.05) is 13.3 Å². The van der Waals surface area contributed by atoms with Crippen LogP contribution in [0.5, 0.6) is 0 Å². The molecule has 0 bridgehead atoms. The van der Waals surface area contributed by atoms with E-state index in [4.69, 9.17) is 0 Å². The molecule has 108 valence electrons. The Labute approximate surface area is 118 Å². The summed E-state index contributed by atoms with van der Waals surface area (Å²) in [6.07, 6.45) is 11.2. The molecule has 1 aliphatic rings. The normalized spacial score (nSPS) is 16.9. The average molecular weight is 263 g/mol. The van der Waals surface area contributed by atoms with E-state index in [1.807, 2.05) is 0 Å². The third-order valence-electron chi connectivity index (χ3n) is 3.90. The molecule has 0 atom stereocenters. The van der Waals surface area contributed by atoms with Crippen molar-refractivity contribution in [3.63, 3.8) is 0 Å². The Morgan fingerprint density at radius 3 is 2.79 bits per heavy atom. The first-order chi connectivity index (χ1) is 9.38. The summed E-state index contributed by atoms with van der Waals surface area (Å²) in [5, 5.41) is 3.56. The fourth-order valence-corrected chi connectivity index (χ4v) is 2.84. The van der Waals surface area contributed by atoms with Gasteiger partial charge >= 0.3 is 0 Å². The van der Waals surface area contributed by atoms with Crippen LogP contribution in [0.2, 0.25) is 0 Å². The van der Waals surface area contributed by atoms with Crippen LogP contribution in [0.1, 0.15) is 44.6 Å². The second-order valence-corrected chi connectivity index (χ2v) is 5.69. The molecular weight excluding hydrogens is 234 g/mol. The largest absolute Gasteiger partial charge is 0.354 e. The maximum absolute atomic E-state index is 3.56. The molecule has 1 N–H and O–H groups in total. The van der Waals surface area contributed by atoms with Crippen LogP contribution in [0.25, 0.3) is 0 Å². The number of likely N-dealkylation sites (tertiary alicyclic amines) is 1. The van der Waals surface area contributed by atoms with E-state index in [1.54, 1.807) is 0 Å². The zero-order chi connectivity index (χ0) is 13.3. The maximum Gasteiger partial charge on any atom is 0.0220 e. The smallest absolute Gasteiger partial charge is 0.0220 e. The highest BCUT2D eigenvalue weighted by Crippen LogP contribution is 2.08. The standard InChI is InChI=1S/C16H29N3/c1-2-9-19-13-7-16(15-19)14-17-8-6-12-18-10-4-3-5-11-18/h7,13,15,17H,2-6,8-12,14H2,1H3. The quantitative estimate of drug-likeness (QED) is 0.728. The number of piperidine rings is 1. The van der Waals surface area contributed by atoms with Gasteiger partial charge in [0.25, 0.3) is 0 Å². The van der Waals surface area contributed by atoms with Crippen molar-refractivity contribution in [3.05, 3.63) is 24.0 Å². The van der Waals surface area contributed by atoms with Crippen LogP contribution in [0.15, 0.2) is 18.5 Å². The van der Waals surface area contributed by atoms with Crippen molar-refractivity contribution in [1.82, 2.24) is 14.8 Å². The van der Waals surface area contributed by atoms with Crippen LogP contribution in [0.4, 0.5) is 0 Å². The SMILES string of the molecule is CCCn1ccc(CNCCCN2CCCCC2)c1. The predicted molar refractivity (Wildman–Crippen MR) is 81.3 cm³/mol. The monoisotopic (exact) mass is 263 g/mol. The summed E-state index contributed by atoms with van der Waals surface area (Å²) in [6.45, 7) is 9.41. The van der Waals surface area contributed by atoms with Gasteiger partial charge in [-0.15, -0.1) is 0 Å². The van der Waals surface area contributed by atoms with Crippen LogP contribution < -0.4 is 5.32 Å². The van der Waals surface area contributed by atoms with Gasteiger partial charge in [0.05, 0.1) is 0 Å². The fourth-order valence-electron chi connectivity index (χ4n) is 2.84. The van der Waals surface area contributed by atoms with E-state index in [0.717, 1.165) is 19.6 Å². The van der Waals surface area contributed by atoms with E-state index < -0.39 is 0 Å². The summed E-state index contributed by atoms with van der Waals surface area (Å²) in [6, 6.07) is 2.23. The van der Waals surface area contributed by atoms with Gasteiger partial charge in [0.1, 0.15) is 0 Å². The molecule has 3 heteroatoms. The summed E-state index contributed by atoms with van der Waals surface area (Å²) in [7, 11) is 0. The van der Waals surface area contributed by atoms with Crippen LogP contribution in [0, 0.1) is 0 Å². The van der Waals surface area contributed by atoms with Crippen molar-refractivity contribution in [2.24, 2.45) is 0 Å². The third kappa shape index (κ3) is 5.37. The molecule has 0 amide bonds. The molecule has 2 rings (SSSR count). The van der Waals surface area contributed by atoms with E-state index in [-0.39, 0.29) is 0 Å². The molecule has 0 saturated carbocycles. The van der Waals surface area contributed by atoms with E-state index in [0.29, 0.717) is 0 Å². The lowest BCUT2D eigenvalue weighted by Crippen LogP contribution is -2.32. The van der Waals surface area contributed by atoms with E-state index in [9.17, 15) is 0 Å². The van der Waals surface area contributed by atoms with Crippen molar-refractivity contribution < 1.29 is 0 Å². The van der Waals surface area contributed by atoms with Crippen LogP contribution in [-0.4, -0.2) is 35.6 Å². The highest BCUT2D eigenvalue weighted by atomic mass is 15.1. The van der Waals surface area contributed by atoms with Crippen LogP contribution in [0.3, 0.4) is 0 Å². The number of hydrogen-bond donors (Lipinski definition) is 1. The molecule has 0 aromatic carbocycles. The Morgan fingerprint density at radius 1 is 1.16 bits per heavy atom. The molecule has 3 nitrogen and oxygen atoms in total. The topological polar surface area (TPSA) is 20.2 Å². The number of nitrogens with one attached hydrogen (secondary N) is 1. The Hall–Kier alpha value is -0.800.